The molecule has 86 valence electrons. The highest BCUT2D eigenvalue weighted by Gasteiger charge is 2.00. The number of carbonyl (C=O) groups excluding carboxylic acids is 1. The lowest BCUT2D eigenvalue weighted by Gasteiger charge is -1.99. The van der Waals surface area contributed by atoms with Gasteiger partial charge in [0.15, 0.2) is 0 Å². The van der Waals surface area contributed by atoms with Crippen LogP contribution < -0.4 is 5.32 Å². The summed E-state index contributed by atoms with van der Waals surface area (Å²) in [7, 11) is 0. The molecule has 0 radical (unpaired) electrons. The lowest BCUT2D eigenvalue weighted by atomic mass is 10.4. The molecule has 0 unspecified atom stereocenters. The molecule has 0 aliphatic rings. The molecule has 0 spiro atoms. The van der Waals surface area contributed by atoms with Crippen LogP contribution in [0.4, 0.5) is 0 Å². The fourth-order valence-electron chi connectivity index (χ4n) is 1.04. The van der Waals surface area contributed by atoms with Crippen LogP contribution in [-0.4, -0.2) is 17.0 Å². The van der Waals surface area contributed by atoms with Gasteiger partial charge in [0.05, 0.1) is 6.54 Å². The van der Waals surface area contributed by atoms with Crippen molar-refractivity contribution in [3.05, 3.63) is 28.0 Å². The van der Waals surface area contributed by atoms with Crippen molar-refractivity contribution in [1.82, 2.24) is 5.32 Å². The molecule has 0 bridgehead atoms. The molecule has 1 aromatic rings. The zero-order chi connectivity index (χ0) is 12.0. The van der Waals surface area contributed by atoms with Crippen LogP contribution in [0.1, 0.15) is 23.1 Å². The molecule has 4 nitrogen and oxygen atoms in total. The maximum Gasteiger partial charge on any atom is 0.328 e. The fourth-order valence-corrected chi connectivity index (χ4v) is 1.90. The number of aliphatic carboxylic acids is 1. The third kappa shape index (κ3) is 4.27. The maximum atomic E-state index is 11.0. The summed E-state index contributed by atoms with van der Waals surface area (Å²) < 4.78 is 0. The van der Waals surface area contributed by atoms with E-state index in [-0.39, 0.29) is 5.91 Å². The van der Waals surface area contributed by atoms with Crippen LogP contribution in [0.5, 0.6) is 0 Å². The number of nitrogens with one attached hydrogen (secondary N) is 1. The minimum atomic E-state index is -0.964. The standard InChI is InChI=1S/C11H13NO3S/c1-2-10(13)12-7-9-4-3-8(16-9)5-6-11(14)15/h3-6H,2,7H2,1H3,(H,12,13)(H,14,15). The van der Waals surface area contributed by atoms with Gasteiger partial charge in [-0.05, 0) is 18.2 Å². The highest BCUT2D eigenvalue weighted by molar-refractivity contribution is 7.12. The number of thiophene rings is 1. The molecule has 2 N–H and O–H groups in total. The van der Waals surface area contributed by atoms with Crippen molar-refractivity contribution in [2.45, 2.75) is 19.9 Å². The van der Waals surface area contributed by atoms with E-state index in [1.54, 1.807) is 6.92 Å². The van der Waals surface area contributed by atoms with Crippen molar-refractivity contribution in [3.63, 3.8) is 0 Å². The number of hydrogen-bond donors (Lipinski definition) is 2. The van der Waals surface area contributed by atoms with Crippen molar-refractivity contribution >= 4 is 29.3 Å². The molecule has 1 amide bonds. The van der Waals surface area contributed by atoms with Crippen molar-refractivity contribution in [2.75, 3.05) is 0 Å². The van der Waals surface area contributed by atoms with Crippen LogP contribution in [0.2, 0.25) is 0 Å². The Kier molecular flexibility index (Phi) is 4.72. The van der Waals surface area contributed by atoms with E-state index in [0.717, 1.165) is 15.8 Å². The van der Waals surface area contributed by atoms with Gasteiger partial charge in [0.25, 0.3) is 0 Å². The molecule has 0 aromatic carbocycles. The summed E-state index contributed by atoms with van der Waals surface area (Å²) in [5.41, 5.74) is 0. The molecule has 0 aliphatic carbocycles. The molecule has 0 atom stereocenters. The Labute approximate surface area is 97.6 Å². The van der Waals surface area contributed by atoms with Gasteiger partial charge in [-0.2, -0.15) is 0 Å². The van der Waals surface area contributed by atoms with E-state index in [2.05, 4.69) is 5.32 Å². The Morgan fingerprint density at radius 3 is 2.88 bits per heavy atom. The predicted molar refractivity (Wildman–Crippen MR) is 63.1 cm³/mol. The summed E-state index contributed by atoms with van der Waals surface area (Å²) in [4.78, 5) is 23.2. The first-order chi connectivity index (χ1) is 7.61. The van der Waals surface area contributed by atoms with Gasteiger partial charge in [-0.25, -0.2) is 4.79 Å². The van der Waals surface area contributed by atoms with Gasteiger partial charge in [0.2, 0.25) is 5.91 Å². The van der Waals surface area contributed by atoms with Gasteiger partial charge in [-0.15, -0.1) is 11.3 Å². The summed E-state index contributed by atoms with van der Waals surface area (Å²) >= 11 is 1.46. The average molecular weight is 239 g/mol. The number of amides is 1. The Morgan fingerprint density at radius 2 is 2.25 bits per heavy atom. The molecule has 0 saturated heterocycles. The predicted octanol–water partition coefficient (Wildman–Crippen LogP) is 1.87. The highest BCUT2D eigenvalue weighted by atomic mass is 32.1. The number of rotatable bonds is 5. The normalized spacial score (nSPS) is 10.6. The largest absolute Gasteiger partial charge is 0.478 e. The first kappa shape index (κ1) is 12.4. The van der Waals surface area contributed by atoms with E-state index in [9.17, 15) is 9.59 Å². The van der Waals surface area contributed by atoms with Gasteiger partial charge >= 0.3 is 5.97 Å². The molecule has 0 aliphatic heterocycles. The van der Waals surface area contributed by atoms with Gasteiger partial charge in [0, 0.05) is 22.3 Å². The number of carboxylic acids is 1. The first-order valence-corrected chi connectivity index (χ1v) is 5.70. The Balaban J connectivity index is 2.51. The quantitative estimate of drug-likeness (QED) is 0.771. The number of carbonyl (C=O) groups is 2. The SMILES string of the molecule is CCC(=O)NCc1ccc(C=CC(=O)O)s1. The van der Waals surface area contributed by atoms with Crippen LogP contribution >= 0.6 is 11.3 Å². The maximum absolute atomic E-state index is 11.0. The van der Waals surface area contributed by atoms with E-state index in [1.807, 2.05) is 12.1 Å². The Morgan fingerprint density at radius 1 is 1.50 bits per heavy atom. The zero-order valence-electron chi connectivity index (χ0n) is 8.90. The monoisotopic (exact) mass is 239 g/mol. The highest BCUT2D eigenvalue weighted by Crippen LogP contribution is 2.17. The van der Waals surface area contributed by atoms with E-state index < -0.39 is 5.97 Å². The number of hydrogen-bond acceptors (Lipinski definition) is 3. The molecule has 16 heavy (non-hydrogen) atoms. The molecular weight excluding hydrogens is 226 g/mol. The molecular formula is C11H13NO3S. The summed E-state index contributed by atoms with van der Waals surface area (Å²) in [5.74, 6) is -0.953. The second-order valence-corrected chi connectivity index (χ2v) is 4.31. The van der Waals surface area contributed by atoms with E-state index in [4.69, 9.17) is 5.11 Å². The van der Waals surface area contributed by atoms with Gasteiger partial charge in [-0.1, -0.05) is 6.92 Å². The summed E-state index contributed by atoms with van der Waals surface area (Å²) in [6.45, 7) is 2.29. The fraction of sp³-hybridized carbons (Fsp3) is 0.273. The van der Waals surface area contributed by atoms with Crippen molar-refractivity contribution in [2.24, 2.45) is 0 Å². The van der Waals surface area contributed by atoms with Gasteiger partial charge in [-0.3, -0.25) is 4.79 Å². The van der Waals surface area contributed by atoms with Crippen LogP contribution in [-0.2, 0) is 16.1 Å². The molecule has 1 heterocycles. The third-order valence-corrected chi connectivity index (χ3v) is 2.90. The summed E-state index contributed by atoms with van der Waals surface area (Å²) in [5, 5.41) is 11.2. The zero-order valence-corrected chi connectivity index (χ0v) is 9.71. The topological polar surface area (TPSA) is 66.4 Å². The minimum absolute atomic E-state index is 0.0102. The Bertz CT molecular complexity index is 409. The van der Waals surface area contributed by atoms with Crippen molar-refractivity contribution in [1.29, 1.82) is 0 Å². The second kappa shape index (κ2) is 6.07. The summed E-state index contributed by atoms with van der Waals surface area (Å²) in [6.07, 6.45) is 3.11. The van der Waals surface area contributed by atoms with Gasteiger partial charge in [0.1, 0.15) is 0 Å². The van der Waals surface area contributed by atoms with Gasteiger partial charge < -0.3 is 10.4 Å². The van der Waals surface area contributed by atoms with Crippen LogP contribution in [0, 0.1) is 0 Å². The van der Waals surface area contributed by atoms with E-state index >= 15 is 0 Å². The molecule has 0 fully saturated rings. The molecule has 5 heteroatoms. The molecule has 1 rings (SSSR count). The minimum Gasteiger partial charge on any atom is -0.478 e. The van der Waals surface area contributed by atoms with Crippen molar-refractivity contribution in [3.8, 4) is 0 Å². The van der Waals surface area contributed by atoms with Crippen molar-refractivity contribution < 1.29 is 14.7 Å². The third-order valence-electron chi connectivity index (χ3n) is 1.85. The average Bonchev–Trinajstić information content (AvgIpc) is 2.71. The first-order valence-electron chi connectivity index (χ1n) is 4.88. The van der Waals surface area contributed by atoms with E-state index in [0.29, 0.717) is 13.0 Å². The molecule has 0 saturated carbocycles. The van der Waals surface area contributed by atoms with Crippen LogP contribution in [0.25, 0.3) is 6.08 Å². The second-order valence-electron chi connectivity index (χ2n) is 3.11. The van der Waals surface area contributed by atoms with E-state index in [1.165, 1.54) is 17.4 Å². The summed E-state index contributed by atoms with van der Waals surface area (Å²) in [6, 6.07) is 3.71. The lowest BCUT2D eigenvalue weighted by Crippen LogP contribution is -2.20. The van der Waals surface area contributed by atoms with Crippen LogP contribution in [0.3, 0.4) is 0 Å². The molecule has 1 aromatic heterocycles. The lowest BCUT2D eigenvalue weighted by molar-refractivity contribution is -0.131. The van der Waals surface area contributed by atoms with Crippen LogP contribution in [0.15, 0.2) is 18.2 Å². The smallest absolute Gasteiger partial charge is 0.328 e. The Hall–Kier alpha value is -1.62. The number of carboxylic acid groups (broad SMARTS) is 1.